The van der Waals surface area contributed by atoms with E-state index in [4.69, 9.17) is 17.3 Å². The molecular formula is C16H17ClFN. The predicted octanol–water partition coefficient (Wildman–Crippen LogP) is 4.07. The summed E-state index contributed by atoms with van der Waals surface area (Å²) < 4.78 is 12.9. The van der Waals surface area contributed by atoms with E-state index in [0.717, 1.165) is 28.1 Å². The van der Waals surface area contributed by atoms with Gasteiger partial charge in [-0.15, -0.1) is 0 Å². The quantitative estimate of drug-likeness (QED) is 0.896. The van der Waals surface area contributed by atoms with Gasteiger partial charge < -0.3 is 5.73 Å². The molecule has 0 spiro atoms. The molecular weight excluding hydrogens is 261 g/mol. The Kier molecular flexibility index (Phi) is 4.56. The molecule has 0 aromatic heterocycles. The van der Waals surface area contributed by atoms with Gasteiger partial charge in [-0.2, -0.15) is 0 Å². The fourth-order valence-corrected chi connectivity index (χ4v) is 2.47. The molecule has 1 atom stereocenters. The van der Waals surface area contributed by atoms with Crippen molar-refractivity contribution in [1.29, 1.82) is 0 Å². The van der Waals surface area contributed by atoms with Gasteiger partial charge in [0.25, 0.3) is 0 Å². The van der Waals surface area contributed by atoms with Gasteiger partial charge in [0.05, 0.1) is 0 Å². The molecule has 0 heterocycles. The molecule has 3 heteroatoms. The van der Waals surface area contributed by atoms with Crippen molar-refractivity contribution in [2.75, 3.05) is 6.54 Å². The van der Waals surface area contributed by atoms with E-state index in [1.165, 1.54) is 12.1 Å². The number of nitrogens with two attached hydrogens (primary N) is 1. The van der Waals surface area contributed by atoms with Crippen LogP contribution < -0.4 is 5.73 Å². The monoisotopic (exact) mass is 277 g/mol. The molecule has 0 aliphatic heterocycles. The predicted molar refractivity (Wildman–Crippen MR) is 78.1 cm³/mol. The Morgan fingerprint density at radius 1 is 1.16 bits per heavy atom. The third kappa shape index (κ3) is 3.55. The summed E-state index contributed by atoms with van der Waals surface area (Å²) in [7, 11) is 0. The highest BCUT2D eigenvalue weighted by molar-refractivity contribution is 6.31. The summed E-state index contributed by atoms with van der Waals surface area (Å²) in [6.45, 7) is 2.52. The summed E-state index contributed by atoms with van der Waals surface area (Å²) >= 11 is 6.24. The van der Waals surface area contributed by atoms with Gasteiger partial charge >= 0.3 is 0 Å². The van der Waals surface area contributed by atoms with Crippen LogP contribution in [0.15, 0.2) is 42.5 Å². The second-order valence-corrected chi connectivity index (χ2v) is 5.19. The van der Waals surface area contributed by atoms with Gasteiger partial charge in [0.2, 0.25) is 0 Å². The molecule has 0 saturated heterocycles. The molecule has 100 valence electrons. The van der Waals surface area contributed by atoms with Gasteiger partial charge in [-0.1, -0.05) is 35.9 Å². The molecule has 0 aliphatic carbocycles. The number of hydrogen-bond acceptors (Lipinski definition) is 1. The van der Waals surface area contributed by atoms with Crippen LogP contribution in [0.4, 0.5) is 4.39 Å². The smallest absolute Gasteiger partial charge is 0.123 e. The first kappa shape index (κ1) is 14.0. The molecule has 0 radical (unpaired) electrons. The maximum Gasteiger partial charge on any atom is 0.123 e. The molecule has 0 amide bonds. The molecule has 0 aliphatic rings. The topological polar surface area (TPSA) is 26.0 Å². The van der Waals surface area contributed by atoms with Crippen LogP contribution in [0.1, 0.15) is 22.6 Å². The highest BCUT2D eigenvalue weighted by atomic mass is 35.5. The lowest BCUT2D eigenvalue weighted by Gasteiger charge is -2.16. The van der Waals surface area contributed by atoms with Crippen molar-refractivity contribution in [1.82, 2.24) is 0 Å². The van der Waals surface area contributed by atoms with Crippen molar-refractivity contribution < 1.29 is 4.39 Å². The number of hydrogen-bond donors (Lipinski definition) is 1. The summed E-state index contributed by atoms with van der Waals surface area (Å²) in [5.41, 5.74) is 9.09. The van der Waals surface area contributed by atoms with Crippen LogP contribution in [0.2, 0.25) is 5.02 Å². The van der Waals surface area contributed by atoms with E-state index in [1.807, 2.05) is 25.1 Å². The minimum atomic E-state index is -0.229. The molecule has 0 saturated carbocycles. The Morgan fingerprint density at radius 3 is 2.42 bits per heavy atom. The summed E-state index contributed by atoms with van der Waals surface area (Å²) in [4.78, 5) is 0. The largest absolute Gasteiger partial charge is 0.330 e. The van der Waals surface area contributed by atoms with Gasteiger partial charge in [-0.3, -0.25) is 0 Å². The lowest BCUT2D eigenvalue weighted by Crippen LogP contribution is -2.15. The van der Waals surface area contributed by atoms with Gasteiger partial charge in [-0.25, -0.2) is 4.39 Å². The standard InChI is InChI=1S/C16H17ClFN/c1-11-2-3-13(16(17)8-11)9-14(10-19)12-4-6-15(18)7-5-12/h2-8,14H,9-10,19H2,1H3. The van der Waals surface area contributed by atoms with Crippen LogP contribution >= 0.6 is 11.6 Å². The molecule has 1 nitrogen and oxygen atoms in total. The van der Waals surface area contributed by atoms with Crippen molar-refractivity contribution in [2.45, 2.75) is 19.3 Å². The average Bonchev–Trinajstić information content (AvgIpc) is 2.39. The van der Waals surface area contributed by atoms with E-state index in [-0.39, 0.29) is 11.7 Å². The number of benzene rings is 2. The van der Waals surface area contributed by atoms with Gasteiger partial charge in [0.1, 0.15) is 5.82 Å². The fraction of sp³-hybridized carbons (Fsp3) is 0.250. The molecule has 2 N–H and O–H groups in total. The second kappa shape index (κ2) is 6.18. The van der Waals surface area contributed by atoms with Crippen molar-refractivity contribution in [3.63, 3.8) is 0 Å². The van der Waals surface area contributed by atoms with E-state index in [9.17, 15) is 4.39 Å². The first-order chi connectivity index (χ1) is 9.10. The van der Waals surface area contributed by atoms with E-state index < -0.39 is 0 Å². The lowest BCUT2D eigenvalue weighted by atomic mass is 9.92. The van der Waals surface area contributed by atoms with Crippen LogP contribution in [-0.4, -0.2) is 6.54 Å². The Balaban J connectivity index is 2.21. The summed E-state index contributed by atoms with van der Waals surface area (Å²) in [5.74, 6) is -0.0753. The Labute approximate surface area is 118 Å². The van der Waals surface area contributed by atoms with Crippen molar-refractivity contribution in [3.8, 4) is 0 Å². The zero-order chi connectivity index (χ0) is 13.8. The van der Waals surface area contributed by atoms with Crippen LogP contribution in [0, 0.1) is 12.7 Å². The van der Waals surface area contributed by atoms with E-state index in [0.29, 0.717) is 6.54 Å². The normalized spacial score (nSPS) is 12.4. The number of rotatable bonds is 4. The third-order valence-corrected chi connectivity index (χ3v) is 3.65. The van der Waals surface area contributed by atoms with Crippen molar-refractivity contribution >= 4 is 11.6 Å². The zero-order valence-electron chi connectivity index (χ0n) is 10.9. The second-order valence-electron chi connectivity index (χ2n) is 4.78. The average molecular weight is 278 g/mol. The van der Waals surface area contributed by atoms with Crippen LogP contribution in [-0.2, 0) is 6.42 Å². The molecule has 2 aromatic carbocycles. The molecule has 0 fully saturated rings. The van der Waals surface area contributed by atoms with Gasteiger partial charge in [0.15, 0.2) is 0 Å². The molecule has 1 unspecified atom stereocenters. The minimum Gasteiger partial charge on any atom is -0.330 e. The third-order valence-electron chi connectivity index (χ3n) is 3.30. The number of aryl methyl sites for hydroxylation is 1. The first-order valence-electron chi connectivity index (χ1n) is 6.30. The SMILES string of the molecule is Cc1ccc(CC(CN)c2ccc(F)cc2)c(Cl)c1. The van der Waals surface area contributed by atoms with Crippen molar-refractivity contribution in [3.05, 3.63) is 70.0 Å². The summed E-state index contributed by atoms with van der Waals surface area (Å²) in [6.07, 6.45) is 0.765. The highest BCUT2D eigenvalue weighted by Gasteiger charge is 2.12. The molecule has 2 aromatic rings. The van der Waals surface area contributed by atoms with Gasteiger partial charge in [0, 0.05) is 10.9 Å². The Morgan fingerprint density at radius 2 is 1.84 bits per heavy atom. The van der Waals surface area contributed by atoms with E-state index >= 15 is 0 Å². The Hall–Kier alpha value is -1.38. The zero-order valence-corrected chi connectivity index (χ0v) is 11.6. The van der Waals surface area contributed by atoms with Gasteiger partial charge in [-0.05, 0) is 54.8 Å². The van der Waals surface area contributed by atoms with E-state index in [1.54, 1.807) is 12.1 Å². The Bertz CT molecular complexity index is 551. The minimum absolute atomic E-state index is 0.154. The summed E-state index contributed by atoms with van der Waals surface area (Å²) in [5, 5.41) is 0.764. The van der Waals surface area contributed by atoms with Crippen LogP contribution in [0.25, 0.3) is 0 Å². The highest BCUT2D eigenvalue weighted by Crippen LogP contribution is 2.25. The maximum absolute atomic E-state index is 12.9. The maximum atomic E-state index is 12.9. The molecule has 19 heavy (non-hydrogen) atoms. The number of halogens is 2. The van der Waals surface area contributed by atoms with Crippen LogP contribution in [0.5, 0.6) is 0 Å². The molecule has 0 bridgehead atoms. The lowest BCUT2D eigenvalue weighted by molar-refractivity contribution is 0.623. The van der Waals surface area contributed by atoms with E-state index in [2.05, 4.69) is 0 Å². The molecule has 2 rings (SSSR count). The van der Waals surface area contributed by atoms with Crippen molar-refractivity contribution in [2.24, 2.45) is 5.73 Å². The fourth-order valence-electron chi connectivity index (χ4n) is 2.16. The van der Waals surface area contributed by atoms with Crippen LogP contribution in [0.3, 0.4) is 0 Å². The first-order valence-corrected chi connectivity index (χ1v) is 6.68. The summed E-state index contributed by atoms with van der Waals surface area (Å²) in [6, 6.07) is 12.5.